The lowest BCUT2D eigenvalue weighted by molar-refractivity contribution is -0.119. The van der Waals surface area contributed by atoms with Crippen molar-refractivity contribution in [3.63, 3.8) is 0 Å². The van der Waals surface area contributed by atoms with Crippen LogP contribution in [-0.4, -0.2) is 29.6 Å². The van der Waals surface area contributed by atoms with Crippen LogP contribution in [0.25, 0.3) is 0 Å². The molecule has 0 atom stereocenters. The van der Waals surface area contributed by atoms with E-state index in [2.05, 4.69) is 45.2 Å². The third-order valence-corrected chi connectivity index (χ3v) is 4.34. The Labute approximate surface area is 129 Å². The summed E-state index contributed by atoms with van der Waals surface area (Å²) in [5.41, 5.74) is 4.65. The second-order valence-electron chi connectivity index (χ2n) is 5.75. The number of ketones is 1. The number of carbonyl (C=O) groups is 1. The highest BCUT2D eigenvalue weighted by Gasteiger charge is 2.20. The summed E-state index contributed by atoms with van der Waals surface area (Å²) in [7, 11) is 0. The molecular formula is C18H17N3O. The van der Waals surface area contributed by atoms with Gasteiger partial charge in [0.05, 0.1) is 12.3 Å². The number of hydrogen-bond donors (Lipinski definition) is 0. The molecule has 0 saturated carbocycles. The Bertz CT molecular complexity index is 756. The number of pyridine rings is 1. The first-order valence-corrected chi connectivity index (χ1v) is 7.67. The Hall–Kier alpha value is -2.49. The molecule has 1 fully saturated rings. The normalized spacial score (nSPS) is 17.4. The third kappa shape index (κ3) is 2.30. The minimum atomic E-state index is 0.349. The van der Waals surface area contributed by atoms with Gasteiger partial charge in [0.2, 0.25) is 0 Å². The molecule has 1 saturated heterocycles. The van der Waals surface area contributed by atoms with E-state index in [0.717, 1.165) is 36.7 Å². The number of fused-ring (bicyclic) bond motifs is 1. The van der Waals surface area contributed by atoms with Crippen LogP contribution in [0.1, 0.15) is 29.5 Å². The lowest BCUT2D eigenvalue weighted by atomic mass is 10.0. The number of aromatic nitrogens is 1. The van der Waals surface area contributed by atoms with E-state index in [4.69, 9.17) is 0 Å². The lowest BCUT2D eigenvalue weighted by Crippen LogP contribution is -2.34. The molecule has 2 aliphatic heterocycles. The van der Waals surface area contributed by atoms with Gasteiger partial charge in [0, 0.05) is 43.3 Å². The molecule has 3 heterocycles. The number of nitrogens with zero attached hydrogens (tertiary/aromatic N) is 3. The van der Waals surface area contributed by atoms with Gasteiger partial charge in [-0.1, -0.05) is 24.3 Å². The van der Waals surface area contributed by atoms with Gasteiger partial charge < -0.3 is 4.90 Å². The summed E-state index contributed by atoms with van der Waals surface area (Å²) in [6.07, 6.45) is 3.08. The first-order valence-electron chi connectivity index (χ1n) is 7.67. The number of piperidine rings is 1. The molecule has 0 radical (unpaired) electrons. The van der Waals surface area contributed by atoms with Crippen LogP contribution in [0.4, 0.5) is 5.82 Å². The quantitative estimate of drug-likeness (QED) is 0.854. The number of benzene rings is 1. The number of anilines is 1. The van der Waals surface area contributed by atoms with Gasteiger partial charge in [-0.05, 0) is 17.7 Å². The summed E-state index contributed by atoms with van der Waals surface area (Å²) < 4.78 is 0. The molecule has 22 heavy (non-hydrogen) atoms. The van der Waals surface area contributed by atoms with Crippen LogP contribution < -0.4 is 4.90 Å². The van der Waals surface area contributed by atoms with E-state index in [-0.39, 0.29) is 0 Å². The minimum Gasteiger partial charge on any atom is -0.356 e. The van der Waals surface area contributed by atoms with Gasteiger partial charge in [-0.15, -0.1) is 0 Å². The minimum absolute atomic E-state index is 0.349. The molecule has 4 rings (SSSR count). The zero-order chi connectivity index (χ0) is 14.9. The molecule has 0 N–H and O–H groups in total. The van der Waals surface area contributed by atoms with Gasteiger partial charge in [0.15, 0.2) is 0 Å². The zero-order valence-corrected chi connectivity index (χ0v) is 12.3. The smallest absolute Gasteiger partial charge is 0.136 e. The largest absolute Gasteiger partial charge is 0.356 e. The van der Waals surface area contributed by atoms with E-state index < -0.39 is 0 Å². The Morgan fingerprint density at radius 3 is 2.73 bits per heavy atom. The van der Waals surface area contributed by atoms with Gasteiger partial charge in [0.25, 0.3) is 0 Å². The fraction of sp³-hybridized carbons (Fsp3) is 0.278. The molecule has 4 heteroatoms. The summed E-state index contributed by atoms with van der Waals surface area (Å²) in [6.45, 7) is 2.28. The van der Waals surface area contributed by atoms with Crippen molar-refractivity contribution in [2.24, 2.45) is 4.99 Å². The molecule has 0 aliphatic carbocycles. The lowest BCUT2D eigenvalue weighted by Gasteiger charge is -2.27. The Morgan fingerprint density at radius 2 is 1.86 bits per heavy atom. The Balaban J connectivity index is 1.65. The molecule has 1 aromatic carbocycles. The van der Waals surface area contributed by atoms with Crippen LogP contribution in [0.2, 0.25) is 0 Å². The molecule has 0 unspecified atom stereocenters. The van der Waals surface area contributed by atoms with Crippen molar-refractivity contribution >= 4 is 17.3 Å². The fourth-order valence-corrected chi connectivity index (χ4v) is 3.11. The average Bonchev–Trinajstić information content (AvgIpc) is 3.00. The standard InChI is InChI=1S/C18H17N3O/c22-15-6-9-21(10-7-15)17-11-13(5-8-19-17)18-16-4-2-1-3-14(16)12-20-18/h1-5,8,11H,6-7,9-10,12H2. The summed E-state index contributed by atoms with van der Waals surface area (Å²) in [6, 6.07) is 12.5. The Kier molecular flexibility index (Phi) is 3.22. The summed E-state index contributed by atoms with van der Waals surface area (Å²) in [4.78, 5) is 22.7. The van der Waals surface area contributed by atoms with Crippen molar-refractivity contribution in [1.29, 1.82) is 0 Å². The number of carbonyl (C=O) groups excluding carboxylic acids is 1. The number of Topliss-reactive ketones (excluding diaryl/α,β-unsaturated/α-hetero) is 1. The second kappa shape index (κ2) is 5.37. The van der Waals surface area contributed by atoms with Gasteiger partial charge >= 0.3 is 0 Å². The summed E-state index contributed by atoms with van der Waals surface area (Å²) >= 11 is 0. The van der Waals surface area contributed by atoms with Crippen molar-refractivity contribution in [2.75, 3.05) is 18.0 Å². The first kappa shape index (κ1) is 13.2. The number of aliphatic imine (C=N–C) groups is 1. The van der Waals surface area contributed by atoms with Crippen LogP contribution >= 0.6 is 0 Å². The molecule has 0 spiro atoms. The highest BCUT2D eigenvalue weighted by Crippen LogP contribution is 2.25. The molecule has 110 valence electrons. The van der Waals surface area contributed by atoms with E-state index >= 15 is 0 Å². The maximum atomic E-state index is 11.4. The molecule has 2 aromatic rings. The van der Waals surface area contributed by atoms with Gasteiger partial charge in [0.1, 0.15) is 11.6 Å². The maximum Gasteiger partial charge on any atom is 0.136 e. The number of hydrogen-bond acceptors (Lipinski definition) is 4. The number of rotatable bonds is 2. The topological polar surface area (TPSA) is 45.6 Å². The average molecular weight is 291 g/mol. The zero-order valence-electron chi connectivity index (χ0n) is 12.3. The molecule has 0 bridgehead atoms. The molecule has 0 amide bonds. The van der Waals surface area contributed by atoms with Crippen LogP contribution in [-0.2, 0) is 11.3 Å². The predicted octanol–water partition coefficient (Wildman–Crippen LogP) is 2.60. The third-order valence-electron chi connectivity index (χ3n) is 4.34. The van der Waals surface area contributed by atoms with E-state index in [0.29, 0.717) is 18.6 Å². The second-order valence-corrected chi connectivity index (χ2v) is 5.75. The highest BCUT2D eigenvalue weighted by molar-refractivity contribution is 6.15. The fourth-order valence-electron chi connectivity index (χ4n) is 3.11. The van der Waals surface area contributed by atoms with Crippen LogP contribution in [0, 0.1) is 0 Å². The van der Waals surface area contributed by atoms with Crippen molar-refractivity contribution < 1.29 is 4.79 Å². The van der Waals surface area contributed by atoms with E-state index in [1.807, 2.05) is 12.3 Å². The van der Waals surface area contributed by atoms with E-state index in [9.17, 15) is 4.79 Å². The SMILES string of the molecule is O=C1CCN(c2cc(C3=NCc4ccccc43)ccn2)CC1. The molecular weight excluding hydrogens is 274 g/mol. The molecule has 1 aromatic heterocycles. The van der Waals surface area contributed by atoms with Crippen molar-refractivity contribution in [2.45, 2.75) is 19.4 Å². The van der Waals surface area contributed by atoms with Crippen LogP contribution in [0.5, 0.6) is 0 Å². The van der Waals surface area contributed by atoms with Crippen LogP contribution in [0.3, 0.4) is 0 Å². The monoisotopic (exact) mass is 291 g/mol. The van der Waals surface area contributed by atoms with Gasteiger partial charge in [-0.25, -0.2) is 4.98 Å². The summed E-state index contributed by atoms with van der Waals surface area (Å²) in [5.74, 6) is 1.29. The molecule has 4 nitrogen and oxygen atoms in total. The van der Waals surface area contributed by atoms with Gasteiger partial charge in [-0.2, -0.15) is 0 Å². The maximum absolute atomic E-state index is 11.4. The van der Waals surface area contributed by atoms with Crippen molar-refractivity contribution in [1.82, 2.24) is 4.98 Å². The van der Waals surface area contributed by atoms with E-state index in [1.54, 1.807) is 0 Å². The Morgan fingerprint density at radius 1 is 1.05 bits per heavy atom. The van der Waals surface area contributed by atoms with Crippen LogP contribution in [0.15, 0.2) is 47.6 Å². The van der Waals surface area contributed by atoms with Crippen molar-refractivity contribution in [3.05, 3.63) is 59.3 Å². The first-order chi connectivity index (χ1) is 10.8. The highest BCUT2D eigenvalue weighted by atomic mass is 16.1. The predicted molar refractivity (Wildman–Crippen MR) is 86.5 cm³/mol. The summed E-state index contributed by atoms with van der Waals surface area (Å²) in [5, 5.41) is 0. The van der Waals surface area contributed by atoms with E-state index in [1.165, 1.54) is 11.1 Å². The molecule has 2 aliphatic rings. The van der Waals surface area contributed by atoms with Crippen molar-refractivity contribution in [3.8, 4) is 0 Å². The van der Waals surface area contributed by atoms with Gasteiger partial charge in [-0.3, -0.25) is 9.79 Å².